The van der Waals surface area contributed by atoms with Gasteiger partial charge in [0.2, 0.25) is 0 Å². The first-order valence-corrected chi connectivity index (χ1v) is 8.47. The SMILES string of the molecule is Cc1noc(C)c1CN1CCC2(CC(C(=O)N(C)C(C)C)=NO2)C1. The lowest BCUT2D eigenvalue weighted by Gasteiger charge is -2.23. The van der Waals surface area contributed by atoms with Crippen molar-refractivity contribution in [3.8, 4) is 0 Å². The zero-order chi connectivity index (χ0) is 17.5. The van der Waals surface area contributed by atoms with Gasteiger partial charge in [-0.2, -0.15) is 0 Å². The van der Waals surface area contributed by atoms with E-state index >= 15 is 0 Å². The van der Waals surface area contributed by atoms with E-state index in [0.717, 1.165) is 43.1 Å². The van der Waals surface area contributed by atoms with Crippen LogP contribution in [-0.2, 0) is 16.2 Å². The van der Waals surface area contributed by atoms with Crippen LogP contribution in [-0.4, -0.2) is 58.4 Å². The summed E-state index contributed by atoms with van der Waals surface area (Å²) in [6.07, 6.45) is 1.46. The molecule has 24 heavy (non-hydrogen) atoms. The summed E-state index contributed by atoms with van der Waals surface area (Å²) in [5.74, 6) is 0.831. The quantitative estimate of drug-likeness (QED) is 0.841. The Morgan fingerprint density at radius 3 is 2.79 bits per heavy atom. The van der Waals surface area contributed by atoms with Gasteiger partial charge in [-0.05, 0) is 27.7 Å². The summed E-state index contributed by atoms with van der Waals surface area (Å²) in [5, 5.41) is 8.12. The summed E-state index contributed by atoms with van der Waals surface area (Å²) in [6, 6.07) is 0.149. The highest BCUT2D eigenvalue weighted by Crippen LogP contribution is 2.35. The smallest absolute Gasteiger partial charge is 0.271 e. The predicted octanol–water partition coefficient (Wildman–Crippen LogP) is 1.88. The molecule has 3 rings (SSSR count). The van der Waals surface area contributed by atoms with E-state index in [2.05, 4.69) is 15.2 Å². The van der Waals surface area contributed by atoms with Crippen molar-refractivity contribution in [3.63, 3.8) is 0 Å². The Kier molecular flexibility index (Phi) is 4.38. The molecule has 1 atom stereocenters. The van der Waals surface area contributed by atoms with Crippen LogP contribution in [0.1, 0.15) is 43.7 Å². The van der Waals surface area contributed by atoms with Crippen molar-refractivity contribution in [2.45, 2.75) is 58.7 Å². The second-order valence-corrected chi connectivity index (χ2v) is 7.26. The first-order chi connectivity index (χ1) is 11.3. The minimum atomic E-state index is -0.359. The number of carbonyl (C=O) groups excluding carboxylic acids is 1. The third-order valence-electron chi connectivity index (χ3n) is 5.14. The Labute approximate surface area is 142 Å². The highest BCUT2D eigenvalue weighted by Gasteiger charge is 2.47. The lowest BCUT2D eigenvalue weighted by molar-refractivity contribution is -0.124. The maximum Gasteiger partial charge on any atom is 0.271 e. The Bertz CT molecular complexity index is 647. The molecule has 3 heterocycles. The summed E-state index contributed by atoms with van der Waals surface area (Å²) in [5.41, 5.74) is 2.25. The number of aromatic nitrogens is 1. The molecule has 2 aliphatic heterocycles. The van der Waals surface area contributed by atoms with Crippen molar-refractivity contribution in [1.29, 1.82) is 0 Å². The van der Waals surface area contributed by atoms with Crippen molar-refractivity contribution in [2.75, 3.05) is 20.1 Å². The normalized spacial score (nSPS) is 23.8. The molecule has 7 nitrogen and oxygen atoms in total. The average molecular weight is 334 g/mol. The molecule has 0 N–H and O–H groups in total. The molecule has 7 heteroatoms. The highest BCUT2D eigenvalue weighted by molar-refractivity contribution is 6.39. The Morgan fingerprint density at radius 1 is 1.42 bits per heavy atom. The standard InChI is InChI=1S/C17H26N4O3/c1-11(2)20(5)16(22)15-8-17(24-19-15)6-7-21(10-17)9-14-12(3)18-23-13(14)4/h11H,6-10H2,1-5H3. The number of nitrogens with zero attached hydrogens (tertiary/aromatic N) is 4. The van der Waals surface area contributed by atoms with Crippen molar-refractivity contribution in [1.82, 2.24) is 15.0 Å². The van der Waals surface area contributed by atoms with Gasteiger partial charge in [-0.15, -0.1) is 0 Å². The molecule has 0 bridgehead atoms. The molecular weight excluding hydrogens is 308 g/mol. The fourth-order valence-corrected chi connectivity index (χ4v) is 3.31. The van der Waals surface area contributed by atoms with Gasteiger partial charge in [-0.3, -0.25) is 9.69 Å². The second-order valence-electron chi connectivity index (χ2n) is 7.26. The first-order valence-electron chi connectivity index (χ1n) is 8.47. The van der Waals surface area contributed by atoms with Gasteiger partial charge in [0, 0.05) is 51.1 Å². The first kappa shape index (κ1) is 17.0. The second kappa shape index (κ2) is 6.20. The molecular formula is C17H26N4O3. The highest BCUT2D eigenvalue weighted by atomic mass is 16.7. The summed E-state index contributed by atoms with van der Waals surface area (Å²) in [7, 11) is 1.80. The third kappa shape index (κ3) is 3.05. The number of carbonyl (C=O) groups is 1. The number of hydrogen-bond acceptors (Lipinski definition) is 6. The molecule has 1 saturated heterocycles. The fraction of sp³-hybridized carbons (Fsp3) is 0.706. The largest absolute Gasteiger partial charge is 0.387 e. The number of oxime groups is 1. The van der Waals surface area contributed by atoms with Crippen LogP contribution in [0.15, 0.2) is 9.68 Å². The Hall–Kier alpha value is -1.89. The predicted molar refractivity (Wildman–Crippen MR) is 89.6 cm³/mol. The minimum absolute atomic E-state index is 0.0361. The Morgan fingerprint density at radius 2 is 2.17 bits per heavy atom. The molecule has 132 valence electrons. The molecule has 1 aromatic heterocycles. The summed E-state index contributed by atoms with van der Waals surface area (Å²) >= 11 is 0. The monoisotopic (exact) mass is 334 g/mol. The molecule has 2 aliphatic rings. The van der Waals surface area contributed by atoms with E-state index in [9.17, 15) is 4.79 Å². The van der Waals surface area contributed by atoms with Crippen LogP contribution in [0.5, 0.6) is 0 Å². The zero-order valence-corrected chi connectivity index (χ0v) is 15.1. The summed E-state index contributed by atoms with van der Waals surface area (Å²) in [4.78, 5) is 22.2. The van der Waals surface area contributed by atoms with Crippen LogP contribution in [0.4, 0.5) is 0 Å². The van der Waals surface area contributed by atoms with Crippen LogP contribution in [0, 0.1) is 13.8 Å². The molecule has 1 aromatic rings. The molecule has 0 aliphatic carbocycles. The number of likely N-dealkylation sites (tertiary alicyclic amines) is 1. The molecule has 0 radical (unpaired) electrons. The summed E-state index contributed by atoms with van der Waals surface area (Å²) < 4.78 is 5.24. The molecule has 1 unspecified atom stereocenters. The number of amides is 1. The molecule has 0 aromatic carbocycles. The van der Waals surface area contributed by atoms with E-state index in [4.69, 9.17) is 9.36 Å². The van der Waals surface area contributed by atoms with E-state index < -0.39 is 0 Å². The molecule has 1 spiro atoms. The van der Waals surface area contributed by atoms with Gasteiger partial charge < -0.3 is 14.3 Å². The van der Waals surface area contributed by atoms with Gasteiger partial charge in [0.25, 0.3) is 5.91 Å². The molecule has 1 fully saturated rings. The maximum absolute atomic E-state index is 12.4. The van der Waals surface area contributed by atoms with Crippen LogP contribution in [0.2, 0.25) is 0 Å². The lowest BCUT2D eigenvalue weighted by Crippen LogP contribution is -2.40. The van der Waals surface area contributed by atoms with Crippen LogP contribution in [0.3, 0.4) is 0 Å². The van der Waals surface area contributed by atoms with Gasteiger partial charge >= 0.3 is 0 Å². The molecule has 1 amide bonds. The van der Waals surface area contributed by atoms with Gasteiger partial charge in [0.15, 0.2) is 5.60 Å². The molecule has 0 saturated carbocycles. The van der Waals surface area contributed by atoms with Gasteiger partial charge in [0.1, 0.15) is 11.5 Å². The topological polar surface area (TPSA) is 71.2 Å². The van der Waals surface area contributed by atoms with Gasteiger partial charge in [-0.1, -0.05) is 10.3 Å². The van der Waals surface area contributed by atoms with E-state index in [1.165, 1.54) is 0 Å². The lowest BCUT2D eigenvalue weighted by atomic mass is 9.96. The van der Waals surface area contributed by atoms with Gasteiger partial charge in [-0.25, -0.2) is 0 Å². The summed E-state index contributed by atoms with van der Waals surface area (Å²) in [6.45, 7) is 10.4. The number of aryl methyl sites for hydroxylation is 2. The van der Waals surface area contributed by atoms with Gasteiger partial charge in [0.05, 0.1) is 5.69 Å². The van der Waals surface area contributed by atoms with Crippen molar-refractivity contribution in [2.24, 2.45) is 5.16 Å². The van der Waals surface area contributed by atoms with Crippen molar-refractivity contribution >= 4 is 11.6 Å². The van der Waals surface area contributed by atoms with E-state index in [1.807, 2.05) is 27.7 Å². The van der Waals surface area contributed by atoms with Crippen LogP contribution in [0.25, 0.3) is 0 Å². The number of hydrogen-bond donors (Lipinski definition) is 0. The third-order valence-corrected chi connectivity index (χ3v) is 5.14. The van der Waals surface area contributed by atoms with E-state index in [-0.39, 0.29) is 17.6 Å². The number of rotatable bonds is 4. The Balaban J connectivity index is 1.61. The van der Waals surface area contributed by atoms with E-state index in [1.54, 1.807) is 11.9 Å². The minimum Gasteiger partial charge on any atom is -0.387 e. The van der Waals surface area contributed by atoms with Crippen LogP contribution < -0.4 is 0 Å². The van der Waals surface area contributed by atoms with Crippen molar-refractivity contribution in [3.05, 3.63) is 17.0 Å². The van der Waals surface area contributed by atoms with Crippen molar-refractivity contribution < 1.29 is 14.2 Å². The van der Waals surface area contributed by atoms with Crippen LogP contribution >= 0.6 is 0 Å². The fourth-order valence-electron chi connectivity index (χ4n) is 3.31. The zero-order valence-electron chi connectivity index (χ0n) is 15.1. The maximum atomic E-state index is 12.4. The average Bonchev–Trinajstić information content (AvgIpc) is 3.23. The van der Waals surface area contributed by atoms with E-state index in [0.29, 0.717) is 12.1 Å².